The third-order valence-electron chi connectivity index (χ3n) is 4.54. The number of carbonyl (C=O) groups excluding carboxylic acids is 2. The van der Waals surface area contributed by atoms with Crippen LogP contribution in [0.25, 0.3) is 5.69 Å². The maximum Gasteiger partial charge on any atom is 0.294 e. The van der Waals surface area contributed by atoms with Gasteiger partial charge in [0.1, 0.15) is 5.69 Å². The van der Waals surface area contributed by atoms with Crippen LogP contribution in [0.5, 0.6) is 0 Å². The van der Waals surface area contributed by atoms with Crippen LogP contribution in [0.4, 0.5) is 17.1 Å². The van der Waals surface area contributed by atoms with Gasteiger partial charge in [0.25, 0.3) is 11.6 Å². The van der Waals surface area contributed by atoms with Crippen LogP contribution in [0.15, 0.2) is 59.4 Å². The zero-order chi connectivity index (χ0) is 23.4. The largest absolute Gasteiger partial charge is 0.326 e. The summed E-state index contributed by atoms with van der Waals surface area (Å²) in [5.74, 6) is -1.18. The summed E-state index contributed by atoms with van der Waals surface area (Å²) in [6, 6.07) is 13.5. The first-order valence-electron chi connectivity index (χ1n) is 9.74. The van der Waals surface area contributed by atoms with Crippen LogP contribution in [-0.4, -0.2) is 26.5 Å². The number of rotatable bonds is 6. The summed E-state index contributed by atoms with van der Waals surface area (Å²) in [5.41, 5.74) is 0.0177. The fraction of sp³-hybridized carbons (Fsp3) is 0.182. The Labute approximate surface area is 183 Å². The summed E-state index contributed by atoms with van der Waals surface area (Å²) < 4.78 is 1.19. The van der Waals surface area contributed by atoms with Gasteiger partial charge in [-0.2, -0.15) is 5.10 Å². The molecule has 2 N–H and O–H groups in total. The molecule has 0 saturated heterocycles. The fourth-order valence-corrected chi connectivity index (χ4v) is 2.90. The second kappa shape index (κ2) is 9.21. The first kappa shape index (κ1) is 22.3. The number of para-hydroxylation sites is 2. The van der Waals surface area contributed by atoms with E-state index >= 15 is 0 Å². The van der Waals surface area contributed by atoms with E-state index in [9.17, 15) is 24.5 Å². The van der Waals surface area contributed by atoms with Crippen molar-refractivity contribution in [2.45, 2.75) is 20.8 Å². The lowest BCUT2D eigenvalue weighted by molar-refractivity contribution is -0.384. The Balaban J connectivity index is 1.94. The first-order chi connectivity index (χ1) is 15.2. The molecule has 1 aromatic heterocycles. The van der Waals surface area contributed by atoms with Gasteiger partial charge in [-0.1, -0.05) is 32.0 Å². The molecular weight excluding hydrogens is 414 g/mol. The van der Waals surface area contributed by atoms with Crippen LogP contribution >= 0.6 is 0 Å². The number of aryl methyl sites for hydroxylation is 1. The second-order valence-corrected chi connectivity index (χ2v) is 7.34. The highest BCUT2D eigenvalue weighted by Crippen LogP contribution is 2.22. The van der Waals surface area contributed by atoms with Gasteiger partial charge in [-0.25, -0.2) is 4.68 Å². The number of anilines is 2. The molecule has 0 saturated carbocycles. The summed E-state index contributed by atoms with van der Waals surface area (Å²) in [6.45, 7) is 5.08. The number of benzene rings is 2. The van der Waals surface area contributed by atoms with E-state index in [1.54, 1.807) is 51.1 Å². The topological polar surface area (TPSA) is 136 Å². The van der Waals surface area contributed by atoms with Crippen LogP contribution in [0.1, 0.15) is 30.0 Å². The standard InChI is InChI=1S/C22H21N5O5/c1-13(2)21(29)23-15-7-6-8-16(12-15)24-22(30)20-19(28)11-14(3)26(25-20)17-9-4-5-10-18(17)27(31)32/h4-13H,1-3H3,(H,23,29)(H,24,30). The molecule has 1 heterocycles. The van der Waals surface area contributed by atoms with Gasteiger partial charge in [-0.3, -0.25) is 24.5 Å². The molecule has 0 fully saturated rings. The number of hydrogen-bond donors (Lipinski definition) is 2. The lowest BCUT2D eigenvalue weighted by Crippen LogP contribution is -2.27. The SMILES string of the molecule is Cc1cc(=O)c(C(=O)Nc2cccc(NC(=O)C(C)C)c2)nn1-c1ccccc1[N+](=O)[O-]. The van der Waals surface area contributed by atoms with Crippen LogP contribution < -0.4 is 16.1 Å². The molecule has 0 radical (unpaired) electrons. The van der Waals surface area contributed by atoms with E-state index in [4.69, 9.17) is 0 Å². The maximum absolute atomic E-state index is 12.8. The molecule has 0 spiro atoms. The molecule has 2 amide bonds. The Morgan fingerprint density at radius 3 is 2.34 bits per heavy atom. The van der Waals surface area contributed by atoms with Crippen LogP contribution in [0.3, 0.4) is 0 Å². The van der Waals surface area contributed by atoms with E-state index in [-0.39, 0.29) is 23.2 Å². The highest BCUT2D eigenvalue weighted by atomic mass is 16.6. The molecule has 0 aliphatic rings. The lowest BCUT2D eigenvalue weighted by atomic mass is 10.2. The quantitative estimate of drug-likeness (QED) is 0.450. The number of nitrogens with one attached hydrogen (secondary N) is 2. The molecular formula is C22H21N5O5. The van der Waals surface area contributed by atoms with Gasteiger partial charge < -0.3 is 10.6 Å². The molecule has 0 atom stereocenters. The van der Waals surface area contributed by atoms with E-state index in [0.717, 1.165) is 0 Å². The van der Waals surface area contributed by atoms with Gasteiger partial charge in [-0.15, -0.1) is 0 Å². The first-order valence-corrected chi connectivity index (χ1v) is 9.74. The molecule has 0 aliphatic heterocycles. The van der Waals surface area contributed by atoms with Gasteiger partial charge in [0.15, 0.2) is 5.69 Å². The molecule has 10 heteroatoms. The molecule has 3 rings (SSSR count). The van der Waals surface area contributed by atoms with E-state index < -0.39 is 22.0 Å². The summed E-state index contributed by atoms with van der Waals surface area (Å²) in [6.07, 6.45) is 0. The molecule has 164 valence electrons. The van der Waals surface area contributed by atoms with Gasteiger partial charge in [0, 0.05) is 35.1 Å². The van der Waals surface area contributed by atoms with Crippen molar-refractivity contribution in [2.75, 3.05) is 10.6 Å². The molecule has 0 aliphatic carbocycles. The summed E-state index contributed by atoms with van der Waals surface area (Å²) in [4.78, 5) is 47.9. The summed E-state index contributed by atoms with van der Waals surface area (Å²) in [7, 11) is 0. The van der Waals surface area contributed by atoms with Gasteiger partial charge >= 0.3 is 0 Å². The van der Waals surface area contributed by atoms with Crippen molar-refractivity contribution in [3.05, 3.63) is 86.3 Å². The molecule has 0 bridgehead atoms. The lowest BCUT2D eigenvalue weighted by Gasteiger charge is -2.12. The summed E-state index contributed by atoms with van der Waals surface area (Å²) in [5, 5.41) is 20.8. The van der Waals surface area contributed by atoms with Crippen molar-refractivity contribution in [3.8, 4) is 5.69 Å². The van der Waals surface area contributed by atoms with E-state index in [2.05, 4.69) is 15.7 Å². The van der Waals surface area contributed by atoms with E-state index in [1.807, 2.05) is 0 Å². The molecule has 3 aromatic rings. The monoisotopic (exact) mass is 435 g/mol. The molecule has 32 heavy (non-hydrogen) atoms. The highest BCUT2D eigenvalue weighted by Gasteiger charge is 2.20. The number of nitrogens with zero attached hydrogens (tertiary/aromatic N) is 3. The van der Waals surface area contributed by atoms with Crippen LogP contribution in [0.2, 0.25) is 0 Å². The molecule has 0 unspecified atom stereocenters. The minimum Gasteiger partial charge on any atom is -0.326 e. The van der Waals surface area contributed by atoms with Crippen molar-refractivity contribution in [2.24, 2.45) is 5.92 Å². The smallest absolute Gasteiger partial charge is 0.294 e. The minimum atomic E-state index is -0.783. The van der Waals surface area contributed by atoms with Gasteiger partial charge in [0.2, 0.25) is 11.3 Å². The Morgan fingerprint density at radius 1 is 1.03 bits per heavy atom. The second-order valence-electron chi connectivity index (χ2n) is 7.34. The Morgan fingerprint density at radius 2 is 1.69 bits per heavy atom. The van der Waals surface area contributed by atoms with E-state index in [1.165, 1.54) is 28.9 Å². The average Bonchev–Trinajstić information content (AvgIpc) is 2.74. The molecule has 2 aromatic carbocycles. The normalized spacial score (nSPS) is 10.6. The number of hydrogen-bond acceptors (Lipinski definition) is 6. The third kappa shape index (κ3) is 4.86. The number of carbonyl (C=O) groups is 2. The number of amides is 2. The van der Waals surface area contributed by atoms with Crippen molar-refractivity contribution in [1.29, 1.82) is 0 Å². The number of nitro groups is 1. The third-order valence-corrected chi connectivity index (χ3v) is 4.54. The zero-order valence-electron chi connectivity index (χ0n) is 17.7. The number of aromatic nitrogens is 2. The summed E-state index contributed by atoms with van der Waals surface area (Å²) >= 11 is 0. The fourth-order valence-electron chi connectivity index (χ4n) is 2.90. The zero-order valence-corrected chi connectivity index (χ0v) is 17.7. The van der Waals surface area contributed by atoms with Gasteiger partial charge in [-0.05, 0) is 31.2 Å². The average molecular weight is 435 g/mol. The highest BCUT2D eigenvalue weighted by molar-refractivity contribution is 6.03. The minimum absolute atomic E-state index is 0.127. The maximum atomic E-state index is 12.8. The van der Waals surface area contributed by atoms with Gasteiger partial charge in [0.05, 0.1) is 4.92 Å². The molecule has 10 nitrogen and oxygen atoms in total. The Bertz CT molecular complexity index is 1270. The van der Waals surface area contributed by atoms with Crippen molar-refractivity contribution in [3.63, 3.8) is 0 Å². The predicted octanol–water partition coefficient (Wildman–Crippen LogP) is 3.30. The van der Waals surface area contributed by atoms with Crippen LogP contribution in [0, 0.1) is 23.0 Å². The Kier molecular flexibility index (Phi) is 6.43. The Hall–Kier alpha value is -4.34. The van der Waals surface area contributed by atoms with Crippen molar-refractivity contribution < 1.29 is 14.5 Å². The predicted molar refractivity (Wildman–Crippen MR) is 119 cm³/mol. The van der Waals surface area contributed by atoms with E-state index in [0.29, 0.717) is 17.1 Å². The van der Waals surface area contributed by atoms with Crippen molar-refractivity contribution >= 4 is 28.9 Å². The number of nitro benzene ring substituents is 1. The van der Waals surface area contributed by atoms with Crippen LogP contribution in [-0.2, 0) is 4.79 Å². The van der Waals surface area contributed by atoms with Crippen molar-refractivity contribution in [1.82, 2.24) is 9.78 Å².